The van der Waals surface area contributed by atoms with Gasteiger partial charge in [-0.1, -0.05) is 12.7 Å². The molecule has 5 nitrogen and oxygen atoms in total. The zero-order chi connectivity index (χ0) is 17.4. The van der Waals surface area contributed by atoms with Gasteiger partial charge in [-0.05, 0) is 68.6 Å². The van der Waals surface area contributed by atoms with Crippen LogP contribution in [0.2, 0.25) is 0 Å². The third kappa shape index (κ3) is 4.84. The maximum absolute atomic E-state index is 5.88. The number of ether oxygens (including phenoxy) is 1. The number of hydrogen-bond donors (Lipinski definition) is 1. The van der Waals surface area contributed by atoms with Crippen LogP contribution in [0.4, 0.5) is 5.82 Å². The summed E-state index contributed by atoms with van der Waals surface area (Å²) in [5.74, 6) is 1.31. The number of aryl methyl sites for hydroxylation is 1. The first kappa shape index (κ1) is 17.5. The molecule has 2 rings (SSSR count). The summed E-state index contributed by atoms with van der Waals surface area (Å²) >= 11 is 0. The molecule has 24 heavy (non-hydrogen) atoms. The van der Waals surface area contributed by atoms with Gasteiger partial charge in [-0.15, -0.1) is 10.2 Å². The van der Waals surface area contributed by atoms with Crippen molar-refractivity contribution in [3.8, 4) is 17.0 Å². The Morgan fingerprint density at radius 1 is 1.25 bits per heavy atom. The molecule has 0 unspecified atom stereocenters. The van der Waals surface area contributed by atoms with Crippen molar-refractivity contribution in [3.05, 3.63) is 61.0 Å². The van der Waals surface area contributed by atoms with Gasteiger partial charge >= 0.3 is 0 Å². The molecule has 0 atom stereocenters. The highest BCUT2D eigenvalue weighted by atomic mass is 16.5. The number of hydrogen-bond acceptors (Lipinski definition) is 5. The summed E-state index contributed by atoms with van der Waals surface area (Å²) in [4.78, 5) is 2.04. The van der Waals surface area contributed by atoms with E-state index in [-0.39, 0.29) is 0 Å². The average molecular weight is 324 g/mol. The first-order chi connectivity index (χ1) is 11.6. The lowest BCUT2D eigenvalue weighted by atomic mass is 10.1. The van der Waals surface area contributed by atoms with E-state index in [1.165, 1.54) is 0 Å². The number of nitrogens with two attached hydrogens (primary N) is 1. The molecule has 0 aliphatic rings. The summed E-state index contributed by atoms with van der Waals surface area (Å²) in [7, 11) is 0. The SMILES string of the molecule is C=CN(/C=C\C)CCCOc1ccc(-c2ccc(N)nn2)cc1C. The molecule has 2 N–H and O–H groups in total. The lowest BCUT2D eigenvalue weighted by Gasteiger charge is -2.15. The summed E-state index contributed by atoms with van der Waals surface area (Å²) < 4.78 is 5.88. The largest absolute Gasteiger partial charge is 0.493 e. The van der Waals surface area contributed by atoms with Crippen molar-refractivity contribution in [2.45, 2.75) is 20.3 Å². The van der Waals surface area contributed by atoms with Crippen LogP contribution in [0.5, 0.6) is 5.75 Å². The van der Waals surface area contributed by atoms with Gasteiger partial charge in [-0.2, -0.15) is 0 Å². The van der Waals surface area contributed by atoms with E-state index in [1.54, 1.807) is 6.07 Å². The number of anilines is 1. The van der Waals surface area contributed by atoms with Gasteiger partial charge in [0, 0.05) is 12.1 Å². The van der Waals surface area contributed by atoms with Gasteiger partial charge in [0.1, 0.15) is 11.6 Å². The normalized spacial score (nSPS) is 10.8. The Morgan fingerprint density at radius 3 is 2.71 bits per heavy atom. The fraction of sp³-hybridized carbons (Fsp3) is 0.263. The zero-order valence-corrected chi connectivity index (χ0v) is 14.3. The summed E-state index contributed by atoms with van der Waals surface area (Å²) in [6.07, 6.45) is 6.72. The van der Waals surface area contributed by atoms with Crippen LogP contribution in [0.3, 0.4) is 0 Å². The highest BCUT2D eigenvalue weighted by Gasteiger charge is 2.05. The minimum Gasteiger partial charge on any atom is -0.493 e. The number of aromatic nitrogens is 2. The maximum atomic E-state index is 5.88. The number of rotatable bonds is 8. The lowest BCUT2D eigenvalue weighted by Crippen LogP contribution is -2.13. The van der Waals surface area contributed by atoms with Gasteiger partial charge in [0.25, 0.3) is 0 Å². The Labute approximate surface area is 143 Å². The Bertz CT molecular complexity index is 695. The summed E-state index contributed by atoms with van der Waals surface area (Å²) in [5, 5.41) is 7.99. The first-order valence-corrected chi connectivity index (χ1v) is 7.98. The van der Waals surface area contributed by atoms with Crippen LogP contribution < -0.4 is 10.5 Å². The highest BCUT2D eigenvalue weighted by molar-refractivity contribution is 5.62. The van der Waals surface area contributed by atoms with Crippen molar-refractivity contribution in [2.75, 3.05) is 18.9 Å². The zero-order valence-electron chi connectivity index (χ0n) is 14.3. The second-order valence-electron chi connectivity index (χ2n) is 5.43. The lowest BCUT2D eigenvalue weighted by molar-refractivity contribution is 0.293. The molecule has 1 aromatic carbocycles. The third-order valence-corrected chi connectivity index (χ3v) is 3.55. The second-order valence-corrected chi connectivity index (χ2v) is 5.43. The van der Waals surface area contributed by atoms with Crippen molar-refractivity contribution in [3.63, 3.8) is 0 Å². The standard InChI is InChI=1S/C19H24N4O/c1-4-11-23(5-2)12-6-13-24-18-9-7-16(14-15(18)3)17-8-10-19(20)22-21-17/h4-5,7-11,14H,2,6,12-13H2,1,3H3,(H2,20,22)/b11-4-. The van der Waals surface area contributed by atoms with Crippen LogP contribution in [0.25, 0.3) is 11.3 Å². The molecule has 1 heterocycles. The van der Waals surface area contributed by atoms with Gasteiger partial charge in [0.05, 0.1) is 12.3 Å². The van der Waals surface area contributed by atoms with E-state index in [1.807, 2.05) is 61.5 Å². The molecule has 126 valence electrons. The smallest absolute Gasteiger partial charge is 0.146 e. The van der Waals surface area contributed by atoms with E-state index in [4.69, 9.17) is 10.5 Å². The molecule has 5 heteroatoms. The number of benzene rings is 1. The minimum atomic E-state index is 0.418. The first-order valence-electron chi connectivity index (χ1n) is 7.98. The molecular weight excluding hydrogens is 300 g/mol. The van der Waals surface area contributed by atoms with Crippen molar-refractivity contribution in [1.29, 1.82) is 0 Å². The van der Waals surface area contributed by atoms with E-state index >= 15 is 0 Å². The molecule has 0 saturated heterocycles. The van der Waals surface area contributed by atoms with E-state index in [9.17, 15) is 0 Å². The molecule has 1 aromatic heterocycles. The molecule has 0 bridgehead atoms. The topological polar surface area (TPSA) is 64.3 Å². The van der Waals surface area contributed by atoms with Gasteiger partial charge in [-0.25, -0.2) is 0 Å². The third-order valence-electron chi connectivity index (χ3n) is 3.55. The van der Waals surface area contributed by atoms with Crippen LogP contribution in [0, 0.1) is 6.92 Å². The van der Waals surface area contributed by atoms with Crippen LogP contribution in [-0.4, -0.2) is 28.2 Å². The van der Waals surface area contributed by atoms with E-state index in [2.05, 4.69) is 16.8 Å². The Kier molecular flexibility index (Phi) is 6.37. The average Bonchev–Trinajstić information content (AvgIpc) is 2.59. The molecule has 2 aromatic rings. The number of nitrogens with zero attached hydrogens (tertiary/aromatic N) is 3. The monoisotopic (exact) mass is 324 g/mol. The van der Waals surface area contributed by atoms with Crippen molar-refractivity contribution < 1.29 is 4.74 Å². The highest BCUT2D eigenvalue weighted by Crippen LogP contribution is 2.25. The molecule has 0 fully saturated rings. The number of allylic oxidation sites excluding steroid dienone is 1. The molecule has 0 spiro atoms. The second kappa shape index (κ2) is 8.72. The van der Waals surface area contributed by atoms with Crippen LogP contribution in [0.15, 0.2) is 55.4 Å². The molecule has 0 aliphatic carbocycles. The Balaban J connectivity index is 1.93. The van der Waals surface area contributed by atoms with Crippen LogP contribution >= 0.6 is 0 Å². The van der Waals surface area contributed by atoms with Crippen LogP contribution in [-0.2, 0) is 0 Å². The predicted molar refractivity (Wildman–Crippen MR) is 98.4 cm³/mol. The van der Waals surface area contributed by atoms with E-state index < -0.39 is 0 Å². The van der Waals surface area contributed by atoms with Gasteiger partial charge < -0.3 is 15.4 Å². The van der Waals surface area contributed by atoms with Crippen molar-refractivity contribution in [2.24, 2.45) is 0 Å². The van der Waals surface area contributed by atoms with Gasteiger partial charge in [0.2, 0.25) is 0 Å². The fourth-order valence-electron chi connectivity index (χ4n) is 2.31. The quantitative estimate of drug-likeness (QED) is 0.749. The van der Waals surface area contributed by atoms with Crippen molar-refractivity contribution >= 4 is 5.82 Å². The summed E-state index contributed by atoms with van der Waals surface area (Å²) in [5.41, 5.74) is 8.44. The van der Waals surface area contributed by atoms with Gasteiger partial charge in [0.15, 0.2) is 0 Å². The maximum Gasteiger partial charge on any atom is 0.146 e. The molecule has 0 saturated carbocycles. The van der Waals surface area contributed by atoms with E-state index in [0.29, 0.717) is 12.4 Å². The predicted octanol–water partition coefficient (Wildman–Crippen LogP) is 3.78. The fourth-order valence-corrected chi connectivity index (χ4v) is 2.31. The van der Waals surface area contributed by atoms with E-state index in [0.717, 1.165) is 35.5 Å². The molecular formula is C19H24N4O. The van der Waals surface area contributed by atoms with Crippen molar-refractivity contribution in [1.82, 2.24) is 15.1 Å². The Morgan fingerprint density at radius 2 is 2.08 bits per heavy atom. The minimum absolute atomic E-state index is 0.418. The Hall–Kier alpha value is -2.82. The van der Waals surface area contributed by atoms with Gasteiger partial charge in [-0.3, -0.25) is 0 Å². The molecule has 0 radical (unpaired) electrons. The summed E-state index contributed by atoms with van der Waals surface area (Å²) in [6, 6.07) is 9.62. The number of nitrogen functional groups attached to an aromatic ring is 1. The summed E-state index contributed by atoms with van der Waals surface area (Å²) in [6.45, 7) is 9.34. The molecule has 0 aliphatic heterocycles. The van der Waals surface area contributed by atoms with Crippen LogP contribution in [0.1, 0.15) is 18.9 Å². The molecule has 0 amide bonds.